The molecule has 2 aliphatic rings. The summed E-state index contributed by atoms with van der Waals surface area (Å²) in [4.78, 5) is 42.3. The van der Waals surface area contributed by atoms with E-state index in [1.54, 1.807) is 31.2 Å². The SMILES string of the molecule is C=CC(=O)NC(/C=C\C)=C/C=C(\C)C(=O)Nc1cccc(Nc2n[nH]c3c2CN(C(=O)C2CCN(C)CC2)C3(C)C)c1. The summed E-state index contributed by atoms with van der Waals surface area (Å²) in [5.41, 5.74) is 3.80. The second-order valence-corrected chi connectivity index (χ2v) is 11.3. The number of likely N-dealkylation sites (tertiary alicyclic amines) is 1. The van der Waals surface area contributed by atoms with Gasteiger partial charge in [0.1, 0.15) is 0 Å². The fourth-order valence-corrected chi connectivity index (χ4v) is 5.29. The van der Waals surface area contributed by atoms with E-state index in [2.05, 4.69) is 58.5 Å². The number of rotatable bonds is 9. The molecule has 1 saturated heterocycles. The molecule has 0 unspecified atom stereocenters. The molecule has 2 aromatic rings. The largest absolute Gasteiger partial charge is 0.338 e. The highest BCUT2D eigenvalue weighted by molar-refractivity contribution is 6.03. The van der Waals surface area contributed by atoms with E-state index in [1.807, 2.05) is 36.1 Å². The highest BCUT2D eigenvalue weighted by Crippen LogP contribution is 2.42. The molecular formula is C32H41N7O3. The lowest BCUT2D eigenvalue weighted by Crippen LogP contribution is -2.46. The molecule has 4 N–H and O–H groups in total. The Bertz CT molecular complexity index is 1440. The summed E-state index contributed by atoms with van der Waals surface area (Å²) in [7, 11) is 2.10. The van der Waals surface area contributed by atoms with E-state index in [1.165, 1.54) is 6.08 Å². The van der Waals surface area contributed by atoms with Crippen molar-refractivity contribution in [3.05, 3.63) is 83.8 Å². The van der Waals surface area contributed by atoms with E-state index in [0.29, 0.717) is 29.3 Å². The van der Waals surface area contributed by atoms with Crippen molar-refractivity contribution in [1.82, 2.24) is 25.3 Å². The average Bonchev–Trinajstić information content (AvgIpc) is 3.49. The molecule has 0 bridgehead atoms. The van der Waals surface area contributed by atoms with Gasteiger partial charge in [-0.3, -0.25) is 19.5 Å². The number of piperidine rings is 1. The van der Waals surface area contributed by atoms with Gasteiger partial charge in [-0.05, 0) is 97.1 Å². The van der Waals surface area contributed by atoms with Crippen LogP contribution in [0.15, 0.2) is 72.5 Å². The third-order valence-electron chi connectivity index (χ3n) is 7.86. The van der Waals surface area contributed by atoms with Crippen molar-refractivity contribution in [2.24, 2.45) is 5.92 Å². The molecule has 0 aliphatic carbocycles. The number of allylic oxidation sites excluding steroid dienone is 4. The van der Waals surface area contributed by atoms with Gasteiger partial charge in [0.05, 0.1) is 17.8 Å². The van der Waals surface area contributed by atoms with Crippen molar-refractivity contribution in [1.29, 1.82) is 0 Å². The number of hydrogen-bond donors (Lipinski definition) is 4. The van der Waals surface area contributed by atoms with Crippen LogP contribution in [0.2, 0.25) is 0 Å². The number of aromatic nitrogens is 2. The number of hydrogen-bond acceptors (Lipinski definition) is 6. The van der Waals surface area contributed by atoms with E-state index in [9.17, 15) is 14.4 Å². The lowest BCUT2D eigenvalue weighted by atomic mass is 9.93. The Morgan fingerprint density at radius 1 is 1.14 bits per heavy atom. The maximum Gasteiger partial charge on any atom is 0.251 e. The summed E-state index contributed by atoms with van der Waals surface area (Å²) in [6.45, 7) is 13.5. The van der Waals surface area contributed by atoms with Crippen LogP contribution in [0, 0.1) is 5.92 Å². The van der Waals surface area contributed by atoms with E-state index in [4.69, 9.17) is 0 Å². The Kier molecular flexibility index (Phi) is 9.47. The lowest BCUT2D eigenvalue weighted by Gasteiger charge is -2.37. The van der Waals surface area contributed by atoms with Gasteiger partial charge in [-0.2, -0.15) is 5.10 Å². The van der Waals surface area contributed by atoms with Crippen molar-refractivity contribution in [3.8, 4) is 0 Å². The highest BCUT2D eigenvalue weighted by atomic mass is 16.2. The molecule has 4 rings (SSSR count). The molecule has 3 heterocycles. The normalized spacial score (nSPS) is 17.7. The quantitative estimate of drug-likeness (QED) is 0.255. The molecule has 10 heteroatoms. The third kappa shape index (κ3) is 6.88. The number of nitrogens with one attached hydrogen (secondary N) is 4. The van der Waals surface area contributed by atoms with Gasteiger partial charge in [-0.15, -0.1) is 0 Å². The Morgan fingerprint density at radius 2 is 1.86 bits per heavy atom. The van der Waals surface area contributed by atoms with Crippen LogP contribution in [0.1, 0.15) is 51.8 Å². The van der Waals surface area contributed by atoms with Crippen LogP contribution < -0.4 is 16.0 Å². The van der Waals surface area contributed by atoms with E-state index in [0.717, 1.165) is 42.9 Å². The zero-order valence-corrected chi connectivity index (χ0v) is 25.1. The standard InChI is InChI=1S/C32H41N7O3/c1-7-10-23(33-27(40)8-2)14-13-21(3)30(41)35-25-12-9-11-24(19-25)34-29-26-20-39(32(4,5)28(26)36-37-29)31(42)22-15-17-38(6)18-16-22/h7-14,19,22H,2,15-18,20H2,1,3-6H3,(H,33,40)(H,35,41)(H2,34,36,37)/b10-7-,21-13+,23-14+. The Labute approximate surface area is 247 Å². The number of carbonyl (C=O) groups is 3. The molecule has 2 aliphatic heterocycles. The maximum absolute atomic E-state index is 13.5. The minimum atomic E-state index is -0.488. The molecule has 0 spiro atoms. The van der Waals surface area contributed by atoms with Crippen LogP contribution >= 0.6 is 0 Å². The first-order chi connectivity index (χ1) is 20.0. The lowest BCUT2D eigenvalue weighted by molar-refractivity contribution is -0.142. The third-order valence-corrected chi connectivity index (χ3v) is 7.86. The van der Waals surface area contributed by atoms with Crippen molar-refractivity contribution in [3.63, 3.8) is 0 Å². The first kappa shape index (κ1) is 30.5. The topological polar surface area (TPSA) is 122 Å². The number of carbonyl (C=O) groups excluding carboxylic acids is 3. The molecule has 1 aromatic heterocycles. The van der Waals surface area contributed by atoms with Crippen molar-refractivity contribution in [2.45, 2.75) is 52.6 Å². The fraction of sp³-hybridized carbons (Fsp3) is 0.375. The van der Waals surface area contributed by atoms with Gasteiger partial charge in [-0.1, -0.05) is 24.8 Å². The maximum atomic E-state index is 13.5. The molecule has 3 amide bonds. The predicted octanol–water partition coefficient (Wildman–Crippen LogP) is 4.72. The van der Waals surface area contributed by atoms with E-state index >= 15 is 0 Å². The number of H-pyrrole nitrogens is 1. The number of nitrogens with zero attached hydrogens (tertiary/aromatic N) is 3. The molecule has 10 nitrogen and oxygen atoms in total. The minimum Gasteiger partial charge on any atom is -0.338 e. The van der Waals surface area contributed by atoms with Gasteiger partial charge in [-0.25, -0.2) is 0 Å². The molecule has 0 atom stereocenters. The van der Waals surface area contributed by atoms with Gasteiger partial charge < -0.3 is 25.8 Å². The monoisotopic (exact) mass is 571 g/mol. The molecule has 1 fully saturated rings. The number of aromatic amines is 1. The van der Waals surface area contributed by atoms with Gasteiger partial charge in [0.25, 0.3) is 5.91 Å². The summed E-state index contributed by atoms with van der Waals surface area (Å²) in [5.74, 6) is 0.306. The summed E-state index contributed by atoms with van der Waals surface area (Å²) in [6.07, 6.45) is 9.77. The van der Waals surface area contributed by atoms with Crippen LogP contribution in [-0.2, 0) is 26.5 Å². The number of amides is 3. The Morgan fingerprint density at radius 3 is 2.55 bits per heavy atom. The van der Waals surface area contributed by atoms with Crippen LogP contribution in [-0.4, -0.2) is 57.9 Å². The first-order valence-corrected chi connectivity index (χ1v) is 14.2. The van der Waals surface area contributed by atoms with Gasteiger partial charge in [0.2, 0.25) is 11.8 Å². The first-order valence-electron chi connectivity index (χ1n) is 14.2. The molecular weight excluding hydrogens is 530 g/mol. The number of benzene rings is 1. The van der Waals surface area contributed by atoms with Crippen LogP contribution in [0.25, 0.3) is 0 Å². The van der Waals surface area contributed by atoms with Gasteiger partial charge in [0, 0.05) is 34.1 Å². The molecule has 42 heavy (non-hydrogen) atoms. The van der Waals surface area contributed by atoms with Gasteiger partial charge in [0.15, 0.2) is 5.82 Å². The summed E-state index contributed by atoms with van der Waals surface area (Å²) >= 11 is 0. The Balaban J connectivity index is 1.44. The van der Waals surface area contributed by atoms with Crippen LogP contribution in [0.5, 0.6) is 0 Å². The Hall–Kier alpha value is -4.44. The minimum absolute atomic E-state index is 0.0442. The number of anilines is 3. The second-order valence-electron chi connectivity index (χ2n) is 11.3. The van der Waals surface area contributed by atoms with E-state index in [-0.39, 0.29) is 23.6 Å². The van der Waals surface area contributed by atoms with Crippen molar-refractivity contribution < 1.29 is 14.4 Å². The highest BCUT2D eigenvalue weighted by Gasteiger charge is 2.45. The smallest absolute Gasteiger partial charge is 0.251 e. The van der Waals surface area contributed by atoms with Gasteiger partial charge >= 0.3 is 0 Å². The summed E-state index contributed by atoms with van der Waals surface area (Å²) in [5, 5.41) is 16.7. The second kappa shape index (κ2) is 13.0. The van der Waals surface area contributed by atoms with Crippen molar-refractivity contribution in [2.75, 3.05) is 30.8 Å². The van der Waals surface area contributed by atoms with Crippen LogP contribution in [0.3, 0.4) is 0 Å². The van der Waals surface area contributed by atoms with Crippen molar-refractivity contribution >= 4 is 34.9 Å². The molecule has 0 radical (unpaired) electrons. The van der Waals surface area contributed by atoms with E-state index < -0.39 is 5.54 Å². The number of fused-ring (bicyclic) bond motifs is 1. The van der Waals surface area contributed by atoms with Crippen LogP contribution in [0.4, 0.5) is 17.2 Å². The average molecular weight is 572 g/mol. The summed E-state index contributed by atoms with van der Waals surface area (Å²) in [6, 6.07) is 7.38. The molecule has 0 saturated carbocycles. The fourth-order valence-electron chi connectivity index (χ4n) is 5.29. The zero-order valence-electron chi connectivity index (χ0n) is 25.1. The summed E-state index contributed by atoms with van der Waals surface area (Å²) < 4.78 is 0. The zero-order chi connectivity index (χ0) is 30.4. The predicted molar refractivity (Wildman–Crippen MR) is 166 cm³/mol. The molecule has 1 aromatic carbocycles. The molecule has 222 valence electrons.